The summed E-state index contributed by atoms with van der Waals surface area (Å²) >= 11 is 0. The van der Waals surface area contributed by atoms with E-state index in [-0.39, 0.29) is 5.91 Å². The number of ether oxygens (including phenoxy) is 1. The average molecular weight is 245 g/mol. The van der Waals surface area contributed by atoms with Gasteiger partial charge in [-0.2, -0.15) is 0 Å². The Bertz CT molecular complexity index is 233. The van der Waals surface area contributed by atoms with Gasteiger partial charge >= 0.3 is 0 Å². The normalized spacial score (nSPS) is 11.1. The van der Waals surface area contributed by atoms with Gasteiger partial charge in [-0.25, -0.2) is 5.84 Å². The van der Waals surface area contributed by atoms with E-state index < -0.39 is 0 Å². The van der Waals surface area contributed by atoms with E-state index in [1.807, 2.05) is 6.92 Å². The van der Waals surface area contributed by atoms with E-state index >= 15 is 0 Å². The van der Waals surface area contributed by atoms with Crippen molar-refractivity contribution in [2.24, 2.45) is 10.8 Å². The molecule has 0 aromatic carbocycles. The maximum Gasteiger partial charge on any atom is 0.216 e. The number of guanidine groups is 1. The average Bonchev–Trinajstić information content (AvgIpc) is 2.31. The third-order valence-electron chi connectivity index (χ3n) is 1.85. The summed E-state index contributed by atoms with van der Waals surface area (Å²) in [5.74, 6) is 5.76. The van der Waals surface area contributed by atoms with Crippen molar-refractivity contribution >= 4 is 11.9 Å². The molecule has 5 N–H and O–H groups in total. The molecule has 0 atom stereocenters. The maximum absolute atomic E-state index is 10.6. The van der Waals surface area contributed by atoms with Crippen LogP contribution in [0.25, 0.3) is 0 Å². The topological polar surface area (TPSA) is 101 Å². The molecule has 1 amide bonds. The molecule has 0 bridgehead atoms. The molecule has 0 saturated carbocycles. The molecule has 0 aliphatic heterocycles. The number of nitrogens with two attached hydrogens (primary N) is 1. The quantitative estimate of drug-likeness (QED) is 0.144. The number of carbonyl (C=O) groups excluding carboxylic acids is 1. The van der Waals surface area contributed by atoms with Crippen molar-refractivity contribution in [1.82, 2.24) is 16.1 Å². The van der Waals surface area contributed by atoms with Crippen molar-refractivity contribution in [3.8, 4) is 0 Å². The van der Waals surface area contributed by atoms with E-state index in [1.54, 1.807) is 0 Å². The molecular weight excluding hydrogens is 222 g/mol. The van der Waals surface area contributed by atoms with Crippen LogP contribution in [0.5, 0.6) is 0 Å². The van der Waals surface area contributed by atoms with Gasteiger partial charge in [0.15, 0.2) is 0 Å². The number of nitrogens with one attached hydrogen (secondary N) is 3. The van der Waals surface area contributed by atoms with Gasteiger partial charge < -0.3 is 15.4 Å². The third kappa shape index (κ3) is 10.9. The van der Waals surface area contributed by atoms with Crippen LogP contribution in [-0.2, 0) is 9.53 Å². The molecule has 0 aromatic rings. The van der Waals surface area contributed by atoms with Gasteiger partial charge in [-0.05, 0) is 13.3 Å². The van der Waals surface area contributed by atoms with Crippen molar-refractivity contribution in [2.75, 3.05) is 32.8 Å². The first-order valence-electron chi connectivity index (χ1n) is 5.77. The number of carbonyl (C=O) groups is 1. The van der Waals surface area contributed by atoms with Crippen molar-refractivity contribution in [1.29, 1.82) is 0 Å². The molecule has 7 heteroatoms. The zero-order valence-electron chi connectivity index (χ0n) is 10.6. The van der Waals surface area contributed by atoms with Gasteiger partial charge in [0.05, 0.1) is 0 Å². The number of aliphatic imine (C=N–C) groups is 1. The van der Waals surface area contributed by atoms with E-state index in [4.69, 9.17) is 10.6 Å². The number of hydrogen-bond donors (Lipinski definition) is 4. The first-order chi connectivity index (χ1) is 8.20. The Balaban J connectivity index is 3.59. The summed E-state index contributed by atoms with van der Waals surface area (Å²) in [6.07, 6.45) is 0.854. The van der Waals surface area contributed by atoms with E-state index in [0.717, 1.165) is 13.0 Å². The Morgan fingerprint density at radius 1 is 1.35 bits per heavy atom. The molecule has 0 spiro atoms. The van der Waals surface area contributed by atoms with Crippen molar-refractivity contribution in [2.45, 2.75) is 20.3 Å². The number of amides is 1. The molecule has 0 rings (SSSR count). The third-order valence-corrected chi connectivity index (χ3v) is 1.85. The van der Waals surface area contributed by atoms with Gasteiger partial charge in [0, 0.05) is 39.8 Å². The largest absolute Gasteiger partial charge is 0.382 e. The van der Waals surface area contributed by atoms with Crippen molar-refractivity contribution in [3.63, 3.8) is 0 Å². The minimum atomic E-state index is -0.0530. The fraction of sp³-hybridized carbons (Fsp3) is 0.800. The molecule has 0 heterocycles. The van der Waals surface area contributed by atoms with E-state index in [0.29, 0.717) is 32.2 Å². The number of rotatable bonds is 8. The Hall–Kier alpha value is -1.34. The lowest BCUT2D eigenvalue weighted by atomic mass is 10.4. The van der Waals surface area contributed by atoms with Crippen LogP contribution in [-0.4, -0.2) is 44.7 Å². The molecule has 17 heavy (non-hydrogen) atoms. The minimum Gasteiger partial charge on any atom is -0.382 e. The molecule has 7 nitrogen and oxygen atoms in total. The SMILES string of the molecule is CCOCCCN=C(NN)NCCNC(C)=O. The van der Waals surface area contributed by atoms with E-state index in [9.17, 15) is 4.79 Å². The molecule has 100 valence electrons. The predicted molar refractivity (Wildman–Crippen MR) is 67.4 cm³/mol. The van der Waals surface area contributed by atoms with Gasteiger partial charge in [-0.1, -0.05) is 0 Å². The molecule has 0 radical (unpaired) electrons. The Morgan fingerprint density at radius 2 is 2.06 bits per heavy atom. The number of nitrogens with zero attached hydrogens (tertiary/aromatic N) is 1. The highest BCUT2D eigenvalue weighted by atomic mass is 16.5. The Morgan fingerprint density at radius 3 is 2.65 bits per heavy atom. The van der Waals surface area contributed by atoms with E-state index in [1.165, 1.54) is 6.92 Å². The number of hydrogen-bond acceptors (Lipinski definition) is 4. The highest BCUT2D eigenvalue weighted by molar-refractivity contribution is 5.79. The second-order valence-electron chi connectivity index (χ2n) is 3.33. The molecule has 0 aliphatic rings. The first kappa shape index (κ1) is 15.7. The van der Waals surface area contributed by atoms with Crippen LogP contribution in [0, 0.1) is 0 Å². The molecule has 0 aromatic heterocycles. The molecule has 0 aliphatic carbocycles. The van der Waals surface area contributed by atoms with E-state index in [2.05, 4.69) is 21.1 Å². The fourth-order valence-electron chi connectivity index (χ4n) is 1.07. The summed E-state index contributed by atoms with van der Waals surface area (Å²) in [4.78, 5) is 14.8. The molecule has 0 fully saturated rings. The first-order valence-corrected chi connectivity index (χ1v) is 5.77. The van der Waals surface area contributed by atoms with Crippen LogP contribution >= 0.6 is 0 Å². The smallest absolute Gasteiger partial charge is 0.216 e. The van der Waals surface area contributed by atoms with Gasteiger partial charge in [-0.3, -0.25) is 15.2 Å². The lowest BCUT2D eigenvalue weighted by molar-refractivity contribution is -0.118. The highest BCUT2D eigenvalue weighted by Gasteiger charge is 1.95. The van der Waals surface area contributed by atoms with Crippen LogP contribution < -0.4 is 21.9 Å². The maximum atomic E-state index is 10.6. The van der Waals surface area contributed by atoms with Crippen LogP contribution in [0.2, 0.25) is 0 Å². The zero-order chi connectivity index (χ0) is 12.9. The van der Waals surface area contributed by atoms with Crippen LogP contribution in [0.1, 0.15) is 20.3 Å². The second-order valence-corrected chi connectivity index (χ2v) is 3.33. The monoisotopic (exact) mass is 245 g/mol. The molecular formula is C10H23N5O2. The predicted octanol–water partition coefficient (Wildman–Crippen LogP) is -1.04. The summed E-state index contributed by atoms with van der Waals surface area (Å²) in [7, 11) is 0. The lowest BCUT2D eigenvalue weighted by Crippen LogP contribution is -2.44. The molecule has 0 saturated heterocycles. The summed E-state index contributed by atoms with van der Waals surface area (Å²) in [6, 6.07) is 0. The fourth-order valence-corrected chi connectivity index (χ4v) is 1.07. The minimum absolute atomic E-state index is 0.0530. The Labute approximate surface area is 102 Å². The summed E-state index contributed by atoms with van der Waals surface area (Å²) < 4.78 is 5.19. The zero-order valence-corrected chi connectivity index (χ0v) is 10.6. The van der Waals surface area contributed by atoms with Gasteiger partial charge in [0.25, 0.3) is 0 Å². The van der Waals surface area contributed by atoms with Crippen LogP contribution in [0.3, 0.4) is 0 Å². The van der Waals surface area contributed by atoms with Crippen LogP contribution in [0.15, 0.2) is 4.99 Å². The van der Waals surface area contributed by atoms with Crippen molar-refractivity contribution < 1.29 is 9.53 Å². The number of hydrazine groups is 1. The van der Waals surface area contributed by atoms with Gasteiger partial charge in [-0.15, -0.1) is 0 Å². The highest BCUT2D eigenvalue weighted by Crippen LogP contribution is 1.83. The summed E-state index contributed by atoms with van der Waals surface area (Å²) in [5, 5.41) is 5.64. The standard InChI is InChI=1S/C10H23N5O2/c1-3-17-8-4-5-13-10(15-11)14-7-6-12-9(2)16/h3-8,11H2,1-2H3,(H,12,16)(H2,13,14,15). The van der Waals surface area contributed by atoms with Crippen molar-refractivity contribution in [3.05, 3.63) is 0 Å². The van der Waals surface area contributed by atoms with Gasteiger partial charge in [0.2, 0.25) is 11.9 Å². The van der Waals surface area contributed by atoms with Crippen LogP contribution in [0.4, 0.5) is 0 Å². The summed E-state index contributed by atoms with van der Waals surface area (Å²) in [5.41, 5.74) is 2.47. The van der Waals surface area contributed by atoms with Gasteiger partial charge in [0.1, 0.15) is 0 Å². The lowest BCUT2D eigenvalue weighted by Gasteiger charge is -2.09. The summed E-state index contributed by atoms with van der Waals surface area (Å²) in [6.45, 7) is 6.61. The molecule has 0 unspecified atom stereocenters. The Kier molecular flexibility index (Phi) is 10.3. The second kappa shape index (κ2) is 11.2.